The number of benzene rings is 2. The van der Waals surface area contributed by atoms with Crippen molar-refractivity contribution in [2.45, 2.75) is 13.3 Å². The van der Waals surface area contributed by atoms with Gasteiger partial charge in [0.25, 0.3) is 0 Å². The minimum absolute atomic E-state index is 0.0423. The Morgan fingerprint density at radius 2 is 1.96 bits per heavy atom. The van der Waals surface area contributed by atoms with Crippen molar-refractivity contribution in [1.82, 2.24) is 15.0 Å². The molecular weight excluding hydrogens is 306 g/mol. The maximum absolute atomic E-state index is 11.5. The minimum Gasteiger partial charge on any atom is -0.497 e. The van der Waals surface area contributed by atoms with Gasteiger partial charge in [-0.05, 0) is 42.3 Å². The van der Waals surface area contributed by atoms with Crippen LogP contribution in [0.3, 0.4) is 0 Å². The first-order valence-corrected chi connectivity index (χ1v) is 7.46. The quantitative estimate of drug-likeness (QED) is 0.781. The summed E-state index contributed by atoms with van der Waals surface area (Å²) in [6.07, 6.45) is 0.366. The van der Waals surface area contributed by atoms with Gasteiger partial charge in [0.2, 0.25) is 0 Å². The van der Waals surface area contributed by atoms with E-state index in [0.717, 1.165) is 22.6 Å². The van der Waals surface area contributed by atoms with Crippen molar-refractivity contribution >= 4 is 5.97 Å². The molecule has 122 valence electrons. The Morgan fingerprint density at radius 3 is 2.67 bits per heavy atom. The van der Waals surface area contributed by atoms with Gasteiger partial charge in [0.15, 0.2) is 5.69 Å². The first-order chi connectivity index (χ1) is 11.6. The third-order valence-electron chi connectivity index (χ3n) is 3.62. The van der Waals surface area contributed by atoms with Gasteiger partial charge in [0, 0.05) is 6.42 Å². The Labute approximate surface area is 139 Å². The molecule has 24 heavy (non-hydrogen) atoms. The zero-order valence-electron chi connectivity index (χ0n) is 13.4. The summed E-state index contributed by atoms with van der Waals surface area (Å²) in [5.74, 6) is -0.373. The summed E-state index contributed by atoms with van der Waals surface area (Å²) in [6.45, 7) is 1.96. The molecule has 1 heterocycles. The summed E-state index contributed by atoms with van der Waals surface area (Å²) in [5.41, 5.74) is 3.06. The molecule has 2 aromatic carbocycles. The second-order valence-electron chi connectivity index (χ2n) is 5.46. The number of ether oxygens (including phenoxy) is 1. The number of carbonyl (C=O) groups is 1. The van der Waals surface area contributed by atoms with Crippen LogP contribution in [-0.2, 0) is 6.42 Å². The molecule has 0 bridgehead atoms. The average Bonchev–Trinajstić information content (AvgIpc) is 2.99. The summed E-state index contributed by atoms with van der Waals surface area (Å²) in [5, 5.41) is 17.9. The molecule has 0 aliphatic heterocycles. The highest BCUT2D eigenvalue weighted by Crippen LogP contribution is 2.18. The first kappa shape index (κ1) is 15.7. The molecule has 0 unspecified atom stereocenters. The van der Waals surface area contributed by atoms with E-state index < -0.39 is 5.97 Å². The summed E-state index contributed by atoms with van der Waals surface area (Å²) < 4.78 is 5.20. The second-order valence-corrected chi connectivity index (χ2v) is 5.46. The van der Waals surface area contributed by atoms with E-state index in [4.69, 9.17) is 4.74 Å². The Morgan fingerprint density at radius 1 is 1.17 bits per heavy atom. The van der Waals surface area contributed by atoms with E-state index in [-0.39, 0.29) is 5.69 Å². The number of aryl methyl sites for hydroxylation is 1. The molecule has 6 heteroatoms. The molecule has 1 N–H and O–H groups in total. The molecule has 1 aromatic heterocycles. The number of aromatic nitrogens is 3. The molecule has 0 fully saturated rings. The van der Waals surface area contributed by atoms with E-state index in [9.17, 15) is 9.90 Å². The highest BCUT2D eigenvalue weighted by atomic mass is 16.5. The maximum Gasteiger partial charge on any atom is 0.358 e. The molecule has 0 saturated carbocycles. The number of carboxylic acid groups (broad SMARTS) is 1. The van der Waals surface area contributed by atoms with Crippen LogP contribution >= 0.6 is 0 Å². The number of hydrogen-bond acceptors (Lipinski definition) is 4. The highest BCUT2D eigenvalue weighted by Gasteiger charge is 2.19. The molecule has 0 aliphatic rings. The lowest BCUT2D eigenvalue weighted by molar-refractivity contribution is 0.0689. The summed E-state index contributed by atoms with van der Waals surface area (Å²) in [6, 6.07) is 15.1. The van der Waals surface area contributed by atoms with Crippen LogP contribution in [0.4, 0.5) is 0 Å². The third kappa shape index (κ3) is 3.27. The third-order valence-corrected chi connectivity index (χ3v) is 3.62. The number of aromatic carboxylic acids is 1. The van der Waals surface area contributed by atoms with Gasteiger partial charge >= 0.3 is 5.97 Å². The largest absolute Gasteiger partial charge is 0.497 e. The van der Waals surface area contributed by atoms with Crippen LogP contribution in [0.25, 0.3) is 5.69 Å². The van der Waals surface area contributed by atoms with Crippen LogP contribution in [0.5, 0.6) is 5.75 Å². The normalized spacial score (nSPS) is 10.6. The summed E-state index contributed by atoms with van der Waals surface area (Å²) in [7, 11) is 1.59. The number of carboxylic acids is 1. The van der Waals surface area contributed by atoms with Crippen molar-refractivity contribution in [3.63, 3.8) is 0 Å². The smallest absolute Gasteiger partial charge is 0.358 e. The zero-order chi connectivity index (χ0) is 17.1. The van der Waals surface area contributed by atoms with Crippen LogP contribution in [0.2, 0.25) is 0 Å². The fourth-order valence-electron chi connectivity index (χ4n) is 2.47. The van der Waals surface area contributed by atoms with Gasteiger partial charge in [-0.2, -0.15) is 9.90 Å². The van der Waals surface area contributed by atoms with Crippen LogP contribution in [0, 0.1) is 6.92 Å². The van der Waals surface area contributed by atoms with Gasteiger partial charge in [-0.3, -0.25) is 0 Å². The summed E-state index contributed by atoms with van der Waals surface area (Å²) >= 11 is 0. The predicted octanol–water partition coefficient (Wildman–Crippen LogP) is 2.87. The molecule has 0 spiro atoms. The average molecular weight is 323 g/mol. The molecular formula is C18H17N3O3. The van der Waals surface area contributed by atoms with E-state index in [0.29, 0.717) is 12.1 Å². The monoisotopic (exact) mass is 323 g/mol. The number of rotatable bonds is 5. The second kappa shape index (κ2) is 6.54. The van der Waals surface area contributed by atoms with Crippen molar-refractivity contribution in [2.75, 3.05) is 7.11 Å². The SMILES string of the molecule is COc1cccc(Cc2nn(-c3cccc(C)c3)nc2C(=O)O)c1. The zero-order valence-corrected chi connectivity index (χ0v) is 13.4. The highest BCUT2D eigenvalue weighted by molar-refractivity contribution is 5.86. The lowest BCUT2D eigenvalue weighted by atomic mass is 10.1. The Kier molecular flexibility index (Phi) is 4.29. The topological polar surface area (TPSA) is 77.2 Å². The van der Waals surface area contributed by atoms with Crippen LogP contribution in [0.1, 0.15) is 27.3 Å². The van der Waals surface area contributed by atoms with Crippen molar-refractivity contribution in [3.05, 3.63) is 71.0 Å². The van der Waals surface area contributed by atoms with Gasteiger partial charge in [-0.25, -0.2) is 4.79 Å². The van der Waals surface area contributed by atoms with E-state index in [1.165, 1.54) is 4.80 Å². The number of nitrogens with zero attached hydrogens (tertiary/aromatic N) is 3. The summed E-state index contributed by atoms with van der Waals surface area (Å²) in [4.78, 5) is 12.9. The molecule has 0 radical (unpaired) electrons. The molecule has 6 nitrogen and oxygen atoms in total. The van der Waals surface area contributed by atoms with E-state index in [2.05, 4.69) is 10.2 Å². The molecule has 0 amide bonds. The van der Waals surface area contributed by atoms with Gasteiger partial charge < -0.3 is 9.84 Å². The lowest BCUT2D eigenvalue weighted by Crippen LogP contribution is -2.03. The van der Waals surface area contributed by atoms with Gasteiger partial charge in [-0.1, -0.05) is 24.3 Å². The van der Waals surface area contributed by atoms with Crippen LogP contribution in [-0.4, -0.2) is 33.2 Å². The van der Waals surface area contributed by atoms with Gasteiger partial charge in [0.05, 0.1) is 12.8 Å². The van der Waals surface area contributed by atoms with Gasteiger partial charge in [0.1, 0.15) is 11.4 Å². The number of hydrogen-bond donors (Lipinski definition) is 1. The fourth-order valence-corrected chi connectivity index (χ4v) is 2.47. The minimum atomic E-state index is -1.09. The van der Waals surface area contributed by atoms with E-state index in [1.807, 2.05) is 55.5 Å². The Hall–Kier alpha value is -3.15. The van der Waals surface area contributed by atoms with E-state index >= 15 is 0 Å². The Bertz CT molecular complexity index is 887. The molecule has 0 saturated heterocycles. The Balaban J connectivity index is 1.99. The van der Waals surface area contributed by atoms with Crippen molar-refractivity contribution in [1.29, 1.82) is 0 Å². The van der Waals surface area contributed by atoms with E-state index in [1.54, 1.807) is 7.11 Å². The molecule has 0 atom stereocenters. The standard InChI is InChI=1S/C18H17N3O3/c1-12-5-3-7-14(9-12)21-19-16(17(20-21)18(22)23)11-13-6-4-8-15(10-13)24-2/h3-10H,11H2,1-2H3,(H,22,23). The number of methoxy groups -OCH3 is 1. The van der Waals surface area contributed by atoms with Crippen molar-refractivity contribution < 1.29 is 14.6 Å². The molecule has 0 aliphatic carbocycles. The van der Waals surface area contributed by atoms with Crippen LogP contribution < -0.4 is 4.74 Å². The predicted molar refractivity (Wildman–Crippen MR) is 88.9 cm³/mol. The molecule has 3 rings (SSSR count). The fraction of sp³-hybridized carbons (Fsp3) is 0.167. The van der Waals surface area contributed by atoms with Crippen molar-refractivity contribution in [2.24, 2.45) is 0 Å². The van der Waals surface area contributed by atoms with Gasteiger partial charge in [-0.15, -0.1) is 5.10 Å². The first-order valence-electron chi connectivity index (χ1n) is 7.46. The maximum atomic E-state index is 11.5. The lowest BCUT2D eigenvalue weighted by Gasteiger charge is -2.03. The van der Waals surface area contributed by atoms with Crippen molar-refractivity contribution in [3.8, 4) is 11.4 Å². The molecule has 3 aromatic rings. The van der Waals surface area contributed by atoms with Crippen LogP contribution in [0.15, 0.2) is 48.5 Å².